The van der Waals surface area contributed by atoms with Crippen molar-refractivity contribution in [3.8, 4) is 11.3 Å². The predicted octanol–water partition coefficient (Wildman–Crippen LogP) is 3.68. The van der Waals surface area contributed by atoms with Crippen molar-refractivity contribution in [2.75, 3.05) is 0 Å². The first-order valence-corrected chi connectivity index (χ1v) is 6.69. The van der Waals surface area contributed by atoms with Crippen molar-refractivity contribution < 1.29 is 4.68 Å². The lowest BCUT2D eigenvalue weighted by Gasteiger charge is -2.09. The average Bonchev–Trinajstić information content (AvgIpc) is 2.48. The van der Waals surface area contributed by atoms with Gasteiger partial charge in [0.05, 0.1) is 17.3 Å². The Morgan fingerprint density at radius 3 is 2.70 bits per heavy atom. The molecule has 0 spiro atoms. The van der Waals surface area contributed by atoms with Crippen molar-refractivity contribution in [1.29, 1.82) is 0 Å². The molecule has 1 aromatic heterocycles. The van der Waals surface area contributed by atoms with Crippen LogP contribution in [0, 0.1) is 6.92 Å². The second-order valence-electron chi connectivity index (χ2n) is 4.92. The Morgan fingerprint density at radius 2 is 1.90 bits per heavy atom. The number of hydrogen-bond donors (Lipinski definition) is 0. The number of rotatable bonds is 2. The van der Waals surface area contributed by atoms with E-state index in [4.69, 9.17) is 0 Å². The molecule has 3 rings (SSSR count). The highest BCUT2D eigenvalue weighted by atomic mass is 15.2. The standard InChI is InChI=1S/C18H17N2/c1-4-14-11-12-19-20(3)18(14)17-10-9-15-7-5-6-8-16(15)13(17)2/h4-12H,1H2,2-3H3/q+1. The molecule has 0 radical (unpaired) electrons. The van der Waals surface area contributed by atoms with Gasteiger partial charge in [-0.2, -0.15) is 0 Å². The Labute approximate surface area is 119 Å². The molecule has 0 N–H and O–H groups in total. The van der Waals surface area contributed by atoms with E-state index >= 15 is 0 Å². The van der Waals surface area contributed by atoms with Gasteiger partial charge in [-0.3, -0.25) is 0 Å². The highest BCUT2D eigenvalue weighted by Gasteiger charge is 2.18. The molecule has 0 unspecified atom stereocenters. The molecule has 0 atom stereocenters. The summed E-state index contributed by atoms with van der Waals surface area (Å²) in [5.41, 5.74) is 4.68. The molecule has 0 aliphatic rings. The molecule has 0 aliphatic carbocycles. The lowest BCUT2D eigenvalue weighted by Crippen LogP contribution is -2.36. The number of fused-ring (bicyclic) bond motifs is 1. The Bertz CT molecular complexity index is 804. The minimum Gasteiger partial charge on any atom is -0.0982 e. The molecule has 1 heterocycles. The maximum absolute atomic E-state index is 4.35. The zero-order valence-corrected chi connectivity index (χ0v) is 11.8. The minimum absolute atomic E-state index is 1.10. The van der Waals surface area contributed by atoms with Crippen molar-refractivity contribution in [1.82, 2.24) is 5.10 Å². The molecule has 3 aromatic rings. The summed E-state index contributed by atoms with van der Waals surface area (Å²) in [7, 11) is 1.97. The van der Waals surface area contributed by atoms with E-state index in [2.05, 4.69) is 55.0 Å². The van der Waals surface area contributed by atoms with Gasteiger partial charge in [-0.1, -0.05) is 47.7 Å². The molecule has 0 fully saturated rings. The van der Waals surface area contributed by atoms with Crippen molar-refractivity contribution in [2.45, 2.75) is 6.92 Å². The molecular weight excluding hydrogens is 244 g/mol. The van der Waals surface area contributed by atoms with E-state index < -0.39 is 0 Å². The second kappa shape index (κ2) is 4.89. The first kappa shape index (κ1) is 12.5. The molecule has 0 amide bonds. The minimum atomic E-state index is 1.10. The van der Waals surface area contributed by atoms with Crippen LogP contribution in [0.4, 0.5) is 0 Å². The average molecular weight is 261 g/mol. The lowest BCUT2D eigenvalue weighted by atomic mass is 9.96. The number of hydrogen-bond acceptors (Lipinski definition) is 1. The molecule has 0 bridgehead atoms. The van der Waals surface area contributed by atoms with Crippen LogP contribution in [0.2, 0.25) is 0 Å². The largest absolute Gasteiger partial charge is 0.246 e. The van der Waals surface area contributed by atoms with Crippen LogP contribution in [-0.2, 0) is 7.05 Å². The molecule has 0 aliphatic heterocycles. The van der Waals surface area contributed by atoms with Crippen LogP contribution in [0.25, 0.3) is 28.1 Å². The van der Waals surface area contributed by atoms with E-state index in [0.29, 0.717) is 0 Å². The summed E-state index contributed by atoms with van der Waals surface area (Å²) >= 11 is 0. The summed E-state index contributed by atoms with van der Waals surface area (Å²) < 4.78 is 1.91. The van der Waals surface area contributed by atoms with Crippen LogP contribution < -0.4 is 4.68 Å². The van der Waals surface area contributed by atoms with E-state index in [9.17, 15) is 0 Å². The Hall–Kier alpha value is -2.48. The predicted molar refractivity (Wildman–Crippen MR) is 83.2 cm³/mol. The third-order valence-corrected chi connectivity index (χ3v) is 3.76. The molecule has 2 nitrogen and oxygen atoms in total. The molecule has 98 valence electrons. The highest BCUT2D eigenvalue weighted by molar-refractivity contribution is 5.91. The van der Waals surface area contributed by atoms with Crippen LogP contribution in [0.15, 0.2) is 55.2 Å². The zero-order valence-electron chi connectivity index (χ0n) is 11.8. The van der Waals surface area contributed by atoms with Crippen molar-refractivity contribution in [3.63, 3.8) is 0 Å². The Morgan fingerprint density at radius 1 is 1.10 bits per heavy atom. The SMILES string of the molecule is C=Cc1ccn[n+](C)c1-c1ccc2ccccc2c1C. The summed E-state index contributed by atoms with van der Waals surface area (Å²) in [5, 5.41) is 6.90. The van der Waals surface area contributed by atoms with Crippen molar-refractivity contribution in [2.24, 2.45) is 7.05 Å². The van der Waals surface area contributed by atoms with E-state index in [1.807, 2.05) is 23.9 Å². The third kappa shape index (κ3) is 1.90. The van der Waals surface area contributed by atoms with Crippen LogP contribution in [0.3, 0.4) is 0 Å². The highest BCUT2D eigenvalue weighted by Crippen LogP contribution is 2.29. The smallest absolute Gasteiger partial charge is 0.0982 e. The number of nitrogens with zero attached hydrogens (tertiary/aromatic N) is 2. The first-order valence-electron chi connectivity index (χ1n) is 6.69. The molecule has 20 heavy (non-hydrogen) atoms. The molecule has 2 aromatic carbocycles. The van der Waals surface area contributed by atoms with Gasteiger partial charge < -0.3 is 0 Å². The van der Waals surface area contributed by atoms with Gasteiger partial charge >= 0.3 is 0 Å². The first-order chi connectivity index (χ1) is 9.72. The Balaban J connectivity index is 2.36. The lowest BCUT2D eigenvalue weighted by molar-refractivity contribution is -0.720. The fourth-order valence-corrected chi connectivity index (χ4v) is 2.72. The number of benzene rings is 2. The second-order valence-corrected chi connectivity index (χ2v) is 4.92. The monoisotopic (exact) mass is 261 g/mol. The summed E-state index contributed by atoms with van der Waals surface area (Å²) in [6.45, 7) is 6.07. The molecule has 2 heteroatoms. The van der Waals surface area contributed by atoms with Crippen LogP contribution in [0.1, 0.15) is 11.1 Å². The van der Waals surface area contributed by atoms with Crippen LogP contribution >= 0.6 is 0 Å². The van der Waals surface area contributed by atoms with Gasteiger partial charge in [-0.15, -0.1) is 0 Å². The van der Waals surface area contributed by atoms with Gasteiger partial charge in [0.1, 0.15) is 0 Å². The summed E-state index contributed by atoms with van der Waals surface area (Å²) in [6, 6.07) is 14.8. The summed E-state index contributed by atoms with van der Waals surface area (Å²) in [5.74, 6) is 0. The van der Waals surface area contributed by atoms with Crippen LogP contribution in [0.5, 0.6) is 0 Å². The van der Waals surface area contributed by atoms with Gasteiger partial charge in [0.25, 0.3) is 0 Å². The normalized spacial score (nSPS) is 10.7. The van der Waals surface area contributed by atoms with Crippen molar-refractivity contribution >= 4 is 16.8 Å². The summed E-state index contributed by atoms with van der Waals surface area (Å²) in [6.07, 6.45) is 3.68. The number of aromatic nitrogens is 2. The van der Waals surface area contributed by atoms with Gasteiger partial charge in [0.2, 0.25) is 5.69 Å². The maximum atomic E-state index is 4.35. The Kier molecular flexibility index (Phi) is 3.07. The van der Waals surface area contributed by atoms with Gasteiger partial charge in [-0.05, 0) is 40.5 Å². The van der Waals surface area contributed by atoms with Gasteiger partial charge in [-0.25, -0.2) is 0 Å². The topological polar surface area (TPSA) is 16.8 Å². The van der Waals surface area contributed by atoms with E-state index in [-0.39, 0.29) is 0 Å². The van der Waals surface area contributed by atoms with E-state index in [1.54, 1.807) is 6.20 Å². The maximum Gasteiger partial charge on any atom is 0.246 e. The molecular formula is C18H17N2+. The quantitative estimate of drug-likeness (QED) is 0.643. The van der Waals surface area contributed by atoms with Gasteiger partial charge in [0, 0.05) is 0 Å². The fourth-order valence-electron chi connectivity index (χ4n) is 2.72. The van der Waals surface area contributed by atoms with E-state index in [1.165, 1.54) is 21.9 Å². The van der Waals surface area contributed by atoms with Gasteiger partial charge in [0.15, 0.2) is 7.05 Å². The fraction of sp³-hybridized carbons (Fsp3) is 0.111. The van der Waals surface area contributed by atoms with Crippen molar-refractivity contribution in [3.05, 3.63) is 66.4 Å². The van der Waals surface area contributed by atoms with E-state index in [0.717, 1.165) is 11.3 Å². The molecule has 0 saturated carbocycles. The third-order valence-electron chi connectivity index (χ3n) is 3.76. The molecule has 0 saturated heterocycles. The van der Waals surface area contributed by atoms with Crippen LogP contribution in [-0.4, -0.2) is 5.10 Å². The zero-order chi connectivity index (χ0) is 14.1. The summed E-state index contributed by atoms with van der Waals surface area (Å²) in [4.78, 5) is 0. The number of aryl methyl sites for hydroxylation is 2.